The largest absolute Gasteiger partial charge is 0.548 e. The zero-order valence-electron chi connectivity index (χ0n) is 15.2. The number of nitrogens with zero attached hydrogens (tertiary/aromatic N) is 3. The van der Waals surface area contributed by atoms with Crippen molar-refractivity contribution in [2.75, 3.05) is 29.5 Å². The maximum absolute atomic E-state index is 10.9. The molecule has 1 aromatic rings. The van der Waals surface area contributed by atoms with E-state index < -0.39 is 22.9 Å². The molecule has 1 aromatic heterocycles. The number of nitrogens with two attached hydrogens (primary N) is 2. The van der Waals surface area contributed by atoms with E-state index in [1.807, 2.05) is 0 Å². The van der Waals surface area contributed by atoms with Crippen molar-refractivity contribution in [2.45, 2.75) is 44.1 Å². The molecule has 0 aromatic carbocycles. The van der Waals surface area contributed by atoms with Gasteiger partial charge in [-0.25, -0.2) is 9.52 Å². The molecular weight excluding hydrogens is 376 g/mol. The number of piperidine rings is 1. The molecule has 0 amide bonds. The summed E-state index contributed by atoms with van der Waals surface area (Å²) in [5.74, 6) is -1.30. The van der Waals surface area contributed by atoms with Crippen LogP contribution in [-0.2, 0) is 14.3 Å². The van der Waals surface area contributed by atoms with Gasteiger partial charge in [-0.05, 0) is 49.8 Å². The van der Waals surface area contributed by atoms with Crippen molar-refractivity contribution < 1.29 is 29.4 Å². The first kappa shape index (κ1) is 20.8. The van der Waals surface area contributed by atoms with Crippen molar-refractivity contribution in [1.29, 1.82) is 0 Å². The van der Waals surface area contributed by atoms with Crippen LogP contribution in [0.2, 0.25) is 0 Å². The summed E-state index contributed by atoms with van der Waals surface area (Å²) in [6, 6.07) is 0.282. The number of rotatable bonds is 2. The van der Waals surface area contributed by atoms with Crippen molar-refractivity contribution in [2.24, 2.45) is 0 Å². The Balaban J connectivity index is 0.000000199. The molecule has 27 heavy (non-hydrogen) atoms. The molecule has 0 spiro atoms. The minimum atomic E-state index is -1.47. The van der Waals surface area contributed by atoms with Gasteiger partial charge < -0.3 is 36.2 Å². The predicted molar refractivity (Wildman–Crippen MR) is 96.2 cm³/mol. The molecule has 0 radical (unpaired) electrons. The fourth-order valence-corrected chi connectivity index (χ4v) is 3.24. The van der Waals surface area contributed by atoms with Gasteiger partial charge in [-0.15, -0.1) is 0 Å². The van der Waals surface area contributed by atoms with E-state index in [0.717, 1.165) is 43.7 Å². The Hall–Kier alpha value is -2.47. The van der Waals surface area contributed by atoms with Crippen LogP contribution in [-0.4, -0.2) is 46.2 Å². The van der Waals surface area contributed by atoms with Gasteiger partial charge in [0.25, 0.3) is 0 Å². The second kappa shape index (κ2) is 8.48. The van der Waals surface area contributed by atoms with Gasteiger partial charge in [-0.1, -0.05) is 4.98 Å². The Morgan fingerprint density at radius 3 is 2.59 bits per heavy atom. The number of hydrogen-bond donors (Lipinski definition) is 4. The minimum Gasteiger partial charge on any atom is -0.548 e. The molecule has 0 saturated carbocycles. The maximum Gasteiger partial charge on any atom is 0.383 e. The van der Waals surface area contributed by atoms with Crippen LogP contribution < -0.4 is 30.9 Å². The number of cyclic esters (lactones) is 1. The molecule has 3 heterocycles. The van der Waals surface area contributed by atoms with E-state index in [-0.39, 0.29) is 11.8 Å². The third-order valence-corrected chi connectivity index (χ3v) is 4.82. The Morgan fingerprint density at radius 2 is 2.07 bits per heavy atom. The number of carboxylic acids is 1. The lowest BCUT2D eigenvalue weighted by atomic mass is 10.1. The topological polar surface area (TPSA) is 171 Å². The number of nitrogen functional groups attached to an aromatic ring is 2. The van der Waals surface area contributed by atoms with Crippen molar-refractivity contribution in [3.05, 3.63) is 6.07 Å². The van der Waals surface area contributed by atoms with E-state index in [4.69, 9.17) is 16.2 Å². The van der Waals surface area contributed by atoms with Crippen LogP contribution in [0.3, 0.4) is 0 Å². The summed E-state index contributed by atoms with van der Waals surface area (Å²) in [7, 11) is 0. The van der Waals surface area contributed by atoms with E-state index in [1.54, 1.807) is 19.9 Å². The molecule has 12 heteroatoms. The molecule has 0 bridgehead atoms. The Kier molecular flexibility index (Phi) is 6.54. The van der Waals surface area contributed by atoms with E-state index in [9.17, 15) is 19.9 Å². The van der Waals surface area contributed by atoms with Crippen LogP contribution in [0.5, 0.6) is 0 Å². The van der Waals surface area contributed by atoms with Gasteiger partial charge in [-0.2, -0.15) is 0 Å². The zero-order valence-corrected chi connectivity index (χ0v) is 16.0. The third-order valence-electron chi connectivity index (χ3n) is 3.89. The molecule has 2 saturated heterocycles. The highest BCUT2D eigenvalue weighted by atomic mass is 32.2. The number of carbonyl (C=O) groups is 2. The lowest BCUT2D eigenvalue weighted by molar-refractivity contribution is -0.883. The van der Waals surface area contributed by atoms with Crippen LogP contribution in [0.4, 0.5) is 17.6 Å². The van der Waals surface area contributed by atoms with Crippen LogP contribution in [0, 0.1) is 0 Å². The molecule has 3 rings (SSSR count). The predicted octanol–water partition coefficient (Wildman–Crippen LogP) is -1.60. The number of esters is 1. The number of aromatic nitrogens is 2. The average Bonchev–Trinajstić information content (AvgIpc) is 2.59. The second-order valence-corrected chi connectivity index (χ2v) is 7.97. The Labute approximate surface area is 160 Å². The van der Waals surface area contributed by atoms with Gasteiger partial charge >= 0.3 is 11.9 Å². The average molecular weight is 400 g/mol. The summed E-state index contributed by atoms with van der Waals surface area (Å²) in [4.78, 5) is 26.7. The summed E-state index contributed by atoms with van der Waals surface area (Å²) >= 11 is 1.05. The zero-order chi connectivity index (χ0) is 20.2. The first-order valence-corrected chi connectivity index (χ1v) is 9.22. The normalized spacial score (nSPS) is 21.6. The number of carbonyl (C=O) groups excluding carboxylic acids is 2. The van der Waals surface area contributed by atoms with E-state index in [2.05, 4.69) is 14.6 Å². The summed E-state index contributed by atoms with van der Waals surface area (Å²) < 4.78 is 7.91. The highest BCUT2D eigenvalue weighted by Crippen LogP contribution is 2.27. The highest BCUT2D eigenvalue weighted by Gasteiger charge is 2.36. The lowest BCUT2D eigenvalue weighted by Crippen LogP contribution is -2.55. The van der Waals surface area contributed by atoms with Gasteiger partial charge in [0.15, 0.2) is 16.8 Å². The number of anilines is 3. The summed E-state index contributed by atoms with van der Waals surface area (Å²) in [6.45, 7) is 5.27. The standard InChI is InChI=1S/C9H15N5O.C6H9NO4S/c10-7-6-8(12-9(11)14(7)15)13-4-2-1-3-5-13;1-6(2)11-5(10)3(4(8)9)7-12-6/h6,15H,1-5H2,(H3,10,11,12);3,7H,1-2H3,(H,8,9). The maximum atomic E-state index is 10.9. The number of aliphatic carboxylic acids is 1. The molecule has 2 aliphatic rings. The highest BCUT2D eigenvalue weighted by molar-refractivity contribution is 7.98. The van der Waals surface area contributed by atoms with Gasteiger partial charge in [0, 0.05) is 13.1 Å². The second-order valence-electron chi connectivity index (χ2n) is 6.55. The van der Waals surface area contributed by atoms with E-state index in [0.29, 0.717) is 4.73 Å². The van der Waals surface area contributed by atoms with Crippen molar-refractivity contribution >= 4 is 41.5 Å². The molecule has 1 atom stereocenters. The molecule has 2 aliphatic heterocycles. The van der Waals surface area contributed by atoms with Crippen molar-refractivity contribution in [3.63, 3.8) is 0 Å². The summed E-state index contributed by atoms with van der Waals surface area (Å²) in [5.41, 5.74) is 11.1. The van der Waals surface area contributed by atoms with Crippen molar-refractivity contribution in [3.8, 4) is 0 Å². The van der Waals surface area contributed by atoms with Gasteiger partial charge in [0.1, 0.15) is 0 Å². The van der Waals surface area contributed by atoms with Crippen LogP contribution in [0.25, 0.3) is 0 Å². The van der Waals surface area contributed by atoms with Crippen LogP contribution >= 0.6 is 11.9 Å². The quantitative estimate of drug-likeness (QED) is 0.148. The molecule has 150 valence electrons. The fraction of sp³-hybridized carbons (Fsp3) is 0.600. The first-order chi connectivity index (χ1) is 12.6. The van der Waals surface area contributed by atoms with E-state index in [1.165, 1.54) is 6.42 Å². The van der Waals surface area contributed by atoms with Crippen LogP contribution in [0.1, 0.15) is 33.1 Å². The molecular formula is C15H24N6O5S. The Morgan fingerprint density at radius 1 is 1.44 bits per heavy atom. The minimum absolute atomic E-state index is 0.0237. The first-order valence-electron chi connectivity index (χ1n) is 8.40. The number of hydrogen-bond acceptors (Lipinski definition) is 11. The number of nitrogens with one attached hydrogen (secondary N) is 1. The molecule has 0 aliphatic carbocycles. The van der Waals surface area contributed by atoms with E-state index >= 15 is 0 Å². The van der Waals surface area contributed by atoms with Crippen molar-refractivity contribution in [1.82, 2.24) is 9.71 Å². The van der Waals surface area contributed by atoms with Gasteiger partial charge in [-0.3, -0.25) is 0 Å². The fourth-order valence-electron chi connectivity index (χ4n) is 2.52. The van der Waals surface area contributed by atoms with Crippen LogP contribution in [0.15, 0.2) is 6.07 Å². The Bertz CT molecular complexity index is 687. The number of ether oxygens (including phenoxy) is 1. The summed E-state index contributed by atoms with van der Waals surface area (Å²) in [6.07, 6.45) is 3.58. The summed E-state index contributed by atoms with van der Waals surface area (Å²) in [5, 5.41) is 19.6. The molecule has 11 nitrogen and oxygen atoms in total. The monoisotopic (exact) mass is 400 g/mol. The number of carboxylic acid groups (broad SMARTS) is 1. The molecule has 1 unspecified atom stereocenters. The third kappa shape index (κ3) is 5.50. The van der Waals surface area contributed by atoms with Gasteiger partial charge in [0.05, 0.1) is 12.0 Å². The lowest BCUT2D eigenvalue weighted by Gasteiger charge is -2.33. The molecule has 6 N–H and O–H groups in total. The SMILES string of the molecule is CC1(C)OC(=O)C(C(=O)[O-])NS1.Nc1cc(N2CCCCC2)nc(N)[n+]1O. The smallest absolute Gasteiger partial charge is 0.383 e. The van der Waals surface area contributed by atoms with Gasteiger partial charge in [0.2, 0.25) is 5.82 Å². The molecule has 2 fully saturated rings.